The Balaban J connectivity index is 1.40. The summed E-state index contributed by atoms with van der Waals surface area (Å²) < 4.78 is 45.4. The van der Waals surface area contributed by atoms with E-state index in [1.54, 1.807) is 0 Å². The topological polar surface area (TPSA) is 75.7 Å². The quantitative estimate of drug-likeness (QED) is 0.630. The zero-order valence-electron chi connectivity index (χ0n) is 17.9. The van der Waals surface area contributed by atoms with Gasteiger partial charge in [0.1, 0.15) is 18.2 Å². The summed E-state index contributed by atoms with van der Waals surface area (Å²) in [5.74, 6) is -0.0671. The number of piperidine rings is 1. The van der Waals surface area contributed by atoms with Crippen molar-refractivity contribution in [3.8, 4) is 5.75 Å². The number of carbonyl (C=O) groups excluding carboxylic acids is 1. The Bertz CT molecular complexity index is 1000. The lowest BCUT2D eigenvalue weighted by atomic mass is 9.97. The van der Waals surface area contributed by atoms with Crippen LogP contribution >= 0.6 is 0 Å². The summed E-state index contributed by atoms with van der Waals surface area (Å²) in [5, 5.41) is 2.88. The Morgan fingerprint density at radius 2 is 1.77 bits per heavy atom. The molecule has 168 valence electrons. The van der Waals surface area contributed by atoms with Gasteiger partial charge in [-0.3, -0.25) is 4.79 Å². The monoisotopic (exact) mass is 448 g/mol. The molecule has 0 bridgehead atoms. The number of nitrogens with one attached hydrogen (secondary N) is 1. The minimum atomic E-state index is -3.50. The second-order valence-corrected chi connectivity index (χ2v) is 9.91. The summed E-state index contributed by atoms with van der Waals surface area (Å²) in [5.41, 5.74) is 2.90. The van der Waals surface area contributed by atoms with Crippen molar-refractivity contribution in [1.29, 1.82) is 0 Å². The molecule has 1 N–H and O–H groups in total. The van der Waals surface area contributed by atoms with Crippen molar-refractivity contribution in [1.82, 2.24) is 9.62 Å². The molecule has 1 saturated heterocycles. The minimum absolute atomic E-state index is 0.0701. The molecule has 1 heterocycles. The van der Waals surface area contributed by atoms with E-state index in [0.29, 0.717) is 44.6 Å². The van der Waals surface area contributed by atoms with Gasteiger partial charge in [-0.1, -0.05) is 18.2 Å². The van der Waals surface area contributed by atoms with Crippen LogP contribution in [0.4, 0.5) is 4.39 Å². The highest BCUT2D eigenvalue weighted by molar-refractivity contribution is 7.88. The van der Waals surface area contributed by atoms with Crippen LogP contribution in [0.3, 0.4) is 0 Å². The van der Waals surface area contributed by atoms with Crippen LogP contribution in [0.2, 0.25) is 0 Å². The van der Waals surface area contributed by atoms with Crippen LogP contribution in [0.25, 0.3) is 0 Å². The predicted molar refractivity (Wildman–Crippen MR) is 118 cm³/mol. The molecule has 0 saturated carbocycles. The Labute approximate surface area is 183 Å². The molecule has 1 fully saturated rings. The first-order valence-corrected chi connectivity index (χ1v) is 12.1. The number of benzene rings is 2. The molecular weight excluding hydrogens is 419 g/mol. The molecule has 0 radical (unpaired) electrons. The molecule has 6 nitrogen and oxygen atoms in total. The molecular formula is C23H29FN2O4S. The number of amides is 1. The zero-order valence-corrected chi connectivity index (χ0v) is 18.8. The third kappa shape index (κ3) is 6.51. The van der Waals surface area contributed by atoms with Gasteiger partial charge in [-0.25, -0.2) is 17.1 Å². The molecule has 0 aliphatic carbocycles. The van der Waals surface area contributed by atoms with Crippen molar-refractivity contribution >= 4 is 15.9 Å². The fraction of sp³-hybridized carbons (Fsp3) is 0.435. The van der Waals surface area contributed by atoms with Crippen LogP contribution in [-0.4, -0.2) is 44.9 Å². The predicted octanol–water partition coefficient (Wildman–Crippen LogP) is 3.18. The van der Waals surface area contributed by atoms with Crippen LogP contribution < -0.4 is 10.1 Å². The largest absolute Gasteiger partial charge is 0.492 e. The summed E-state index contributed by atoms with van der Waals surface area (Å²) in [6, 6.07) is 11.4. The molecule has 1 aliphatic rings. The fourth-order valence-electron chi connectivity index (χ4n) is 3.57. The first-order chi connectivity index (χ1) is 14.7. The van der Waals surface area contributed by atoms with Gasteiger partial charge in [0, 0.05) is 19.0 Å². The van der Waals surface area contributed by atoms with Crippen LogP contribution in [-0.2, 0) is 20.6 Å². The van der Waals surface area contributed by atoms with Gasteiger partial charge in [0.05, 0.1) is 12.3 Å². The number of sulfonamides is 1. The number of hydrogen-bond donors (Lipinski definition) is 1. The second kappa shape index (κ2) is 10.2. The lowest BCUT2D eigenvalue weighted by Crippen LogP contribution is -2.43. The van der Waals surface area contributed by atoms with Gasteiger partial charge < -0.3 is 10.1 Å². The van der Waals surface area contributed by atoms with E-state index in [2.05, 4.69) is 5.32 Å². The summed E-state index contributed by atoms with van der Waals surface area (Å²) in [4.78, 5) is 12.4. The van der Waals surface area contributed by atoms with E-state index in [-0.39, 0.29) is 17.6 Å². The number of ether oxygens (including phenoxy) is 1. The lowest BCUT2D eigenvalue weighted by Gasteiger charge is -2.30. The first kappa shape index (κ1) is 23.2. The van der Waals surface area contributed by atoms with Crippen molar-refractivity contribution in [2.45, 2.75) is 32.4 Å². The summed E-state index contributed by atoms with van der Waals surface area (Å²) >= 11 is 0. The maximum Gasteiger partial charge on any atom is 0.223 e. The van der Waals surface area contributed by atoms with E-state index in [1.807, 2.05) is 32.0 Å². The molecule has 31 heavy (non-hydrogen) atoms. The third-order valence-corrected chi connectivity index (χ3v) is 7.48. The molecule has 0 atom stereocenters. The van der Waals surface area contributed by atoms with Gasteiger partial charge in [-0.2, -0.15) is 0 Å². The molecule has 1 aliphatic heterocycles. The molecule has 1 amide bonds. The molecule has 3 rings (SSSR count). The number of hydrogen-bond acceptors (Lipinski definition) is 4. The van der Waals surface area contributed by atoms with E-state index < -0.39 is 15.8 Å². The highest BCUT2D eigenvalue weighted by Crippen LogP contribution is 2.22. The van der Waals surface area contributed by atoms with Crippen molar-refractivity contribution in [3.05, 3.63) is 65.0 Å². The van der Waals surface area contributed by atoms with Crippen molar-refractivity contribution in [2.24, 2.45) is 5.92 Å². The Kier molecular flexibility index (Phi) is 7.67. The van der Waals surface area contributed by atoms with E-state index in [9.17, 15) is 17.6 Å². The molecule has 2 aromatic rings. The summed E-state index contributed by atoms with van der Waals surface area (Å²) in [6.45, 7) is 5.45. The van der Waals surface area contributed by atoms with Gasteiger partial charge >= 0.3 is 0 Å². The molecule has 0 aromatic heterocycles. The average molecular weight is 449 g/mol. The van der Waals surface area contributed by atoms with E-state index in [4.69, 9.17) is 4.74 Å². The average Bonchev–Trinajstić information content (AvgIpc) is 2.75. The maximum atomic E-state index is 13.0. The molecule has 8 heteroatoms. The number of aryl methyl sites for hydroxylation is 2. The summed E-state index contributed by atoms with van der Waals surface area (Å²) in [7, 11) is -3.50. The normalized spacial score (nSPS) is 15.6. The maximum absolute atomic E-state index is 13.0. The fourth-order valence-corrected chi connectivity index (χ4v) is 5.13. The first-order valence-electron chi connectivity index (χ1n) is 10.4. The standard InChI is InChI=1S/C23H29FN2O4S/c1-17-3-8-22(15-18(17)2)30-14-11-25-23(27)20-9-12-26(13-10-20)31(28,29)16-19-4-6-21(24)7-5-19/h3-8,15,20H,9-14,16H2,1-2H3,(H,25,27). The van der Waals surface area contributed by atoms with Crippen molar-refractivity contribution in [3.63, 3.8) is 0 Å². The van der Waals surface area contributed by atoms with Gasteiger partial charge in [-0.05, 0) is 67.6 Å². The van der Waals surface area contributed by atoms with Crippen LogP contribution in [0.1, 0.15) is 29.5 Å². The minimum Gasteiger partial charge on any atom is -0.492 e. The highest BCUT2D eigenvalue weighted by Gasteiger charge is 2.31. The van der Waals surface area contributed by atoms with Gasteiger partial charge in [0.25, 0.3) is 0 Å². The molecule has 2 aromatic carbocycles. The molecule has 0 spiro atoms. The Morgan fingerprint density at radius 1 is 1.10 bits per heavy atom. The third-order valence-electron chi connectivity index (χ3n) is 5.63. The van der Waals surface area contributed by atoms with Crippen molar-refractivity contribution < 1.29 is 22.3 Å². The van der Waals surface area contributed by atoms with Crippen molar-refractivity contribution in [2.75, 3.05) is 26.2 Å². The van der Waals surface area contributed by atoms with Gasteiger partial charge in [0.15, 0.2) is 0 Å². The Hall–Kier alpha value is -2.45. The lowest BCUT2D eigenvalue weighted by molar-refractivity contribution is -0.126. The van der Waals surface area contributed by atoms with Gasteiger partial charge in [0.2, 0.25) is 15.9 Å². The van der Waals surface area contributed by atoms with Crippen LogP contribution in [0.15, 0.2) is 42.5 Å². The SMILES string of the molecule is Cc1ccc(OCCNC(=O)C2CCN(S(=O)(=O)Cc3ccc(F)cc3)CC2)cc1C. The smallest absolute Gasteiger partial charge is 0.223 e. The van der Waals surface area contributed by atoms with Crippen LogP contribution in [0.5, 0.6) is 5.75 Å². The molecule has 0 unspecified atom stereocenters. The number of nitrogens with zero attached hydrogens (tertiary/aromatic N) is 1. The Morgan fingerprint density at radius 3 is 2.42 bits per heavy atom. The number of carbonyl (C=O) groups is 1. The van der Waals surface area contributed by atoms with Gasteiger partial charge in [-0.15, -0.1) is 0 Å². The summed E-state index contributed by atoms with van der Waals surface area (Å²) in [6.07, 6.45) is 0.957. The van der Waals surface area contributed by atoms with E-state index >= 15 is 0 Å². The highest BCUT2D eigenvalue weighted by atomic mass is 32.2. The van der Waals surface area contributed by atoms with Crippen LogP contribution in [0, 0.1) is 25.6 Å². The number of halogens is 1. The van der Waals surface area contributed by atoms with E-state index in [1.165, 1.54) is 34.1 Å². The zero-order chi connectivity index (χ0) is 22.4. The second-order valence-electron chi connectivity index (χ2n) is 7.94. The van der Waals surface area contributed by atoms with E-state index in [0.717, 1.165) is 11.3 Å². The number of rotatable bonds is 8.